The highest BCUT2D eigenvalue weighted by Crippen LogP contribution is 2.15. The molecule has 1 heterocycles. The number of nitriles is 1. The third kappa shape index (κ3) is 3.36. The highest BCUT2D eigenvalue weighted by Gasteiger charge is 2.05. The second kappa shape index (κ2) is 6.46. The van der Waals surface area contributed by atoms with E-state index < -0.39 is 0 Å². The Balaban J connectivity index is 1.78. The summed E-state index contributed by atoms with van der Waals surface area (Å²) in [5.74, 6) is 0.992. The summed E-state index contributed by atoms with van der Waals surface area (Å²) in [5, 5.41) is 9.58. The molecular weight excluding hydrogens is 294 g/mol. The summed E-state index contributed by atoms with van der Waals surface area (Å²) in [7, 11) is 0. The minimum atomic E-state index is 0.675. The van der Waals surface area contributed by atoms with Gasteiger partial charge >= 0.3 is 0 Å². The first kappa shape index (κ1) is 14.4. The molecule has 0 aliphatic carbocycles. The van der Waals surface area contributed by atoms with Crippen LogP contribution in [0.15, 0.2) is 60.9 Å². The highest BCUT2D eigenvalue weighted by molar-refractivity contribution is 6.30. The van der Waals surface area contributed by atoms with Crippen LogP contribution in [0.3, 0.4) is 0 Å². The summed E-state index contributed by atoms with van der Waals surface area (Å²) in [6, 6.07) is 17.6. The van der Waals surface area contributed by atoms with Gasteiger partial charge in [0.15, 0.2) is 0 Å². The number of aromatic nitrogens is 2. The fraction of sp³-hybridized carbons (Fsp3) is 0.111. The van der Waals surface area contributed by atoms with E-state index in [-0.39, 0.29) is 0 Å². The summed E-state index contributed by atoms with van der Waals surface area (Å²) in [4.78, 5) is 4.44. The second-order valence-electron chi connectivity index (χ2n) is 5.09. The molecule has 0 bridgehead atoms. The van der Waals surface area contributed by atoms with Gasteiger partial charge in [-0.05, 0) is 35.4 Å². The van der Waals surface area contributed by atoms with Crippen LogP contribution in [-0.4, -0.2) is 9.55 Å². The number of rotatable bonds is 4. The number of benzene rings is 2. The Morgan fingerprint density at radius 3 is 2.64 bits per heavy atom. The van der Waals surface area contributed by atoms with Crippen LogP contribution in [0.2, 0.25) is 5.02 Å². The molecule has 0 amide bonds. The van der Waals surface area contributed by atoms with Gasteiger partial charge in [0.05, 0.1) is 11.6 Å². The van der Waals surface area contributed by atoms with E-state index in [1.54, 1.807) is 0 Å². The van der Waals surface area contributed by atoms with Gasteiger partial charge in [-0.25, -0.2) is 4.98 Å². The molecule has 0 aliphatic heterocycles. The summed E-state index contributed by atoms with van der Waals surface area (Å²) < 4.78 is 2.11. The van der Waals surface area contributed by atoms with Crippen molar-refractivity contribution in [1.29, 1.82) is 5.26 Å². The smallest absolute Gasteiger partial charge is 0.113 e. The number of nitrogens with zero attached hydrogens (tertiary/aromatic N) is 3. The van der Waals surface area contributed by atoms with Gasteiger partial charge < -0.3 is 4.57 Å². The zero-order valence-corrected chi connectivity index (χ0v) is 12.7. The third-order valence-corrected chi connectivity index (χ3v) is 3.72. The molecule has 0 radical (unpaired) electrons. The van der Waals surface area contributed by atoms with Crippen LogP contribution in [0.4, 0.5) is 0 Å². The molecule has 1 aromatic heterocycles. The van der Waals surface area contributed by atoms with E-state index in [9.17, 15) is 0 Å². The van der Waals surface area contributed by atoms with E-state index in [1.807, 2.05) is 60.9 Å². The average Bonchev–Trinajstić information content (AvgIpc) is 2.95. The molecule has 0 saturated carbocycles. The highest BCUT2D eigenvalue weighted by atomic mass is 35.5. The Morgan fingerprint density at radius 1 is 1.09 bits per heavy atom. The van der Waals surface area contributed by atoms with E-state index in [4.69, 9.17) is 16.9 Å². The molecule has 0 aliphatic rings. The van der Waals surface area contributed by atoms with Crippen LogP contribution in [0, 0.1) is 11.3 Å². The van der Waals surface area contributed by atoms with Crippen molar-refractivity contribution in [3.63, 3.8) is 0 Å². The first-order chi connectivity index (χ1) is 10.7. The van der Waals surface area contributed by atoms with Gasteiger partial charge in [-0.15, -0.1) is 0 Å². The minimum absolute atomic E-state index is 0.675. The molecular formula is C18H14ClN3. The maximum absolute atomic E-state index is 8.84. The largest absolute Gasteiger partial charge is 0.330 e. The molecule has 4 heteroatoms. The van der Waals surface area contributed by atoms with Gasteiger partial charge in [-0.1, -0.05) is 35.9 Å². The van der Waals surface area contributed by atoms with E-state index >= 15 is 0 Å². The lowest BCUT2D eigenvalue weighted by molar-refractivity contribution is 0.740. The average molecular weight is 308 g/mol. The Labute approximate surface area is 134 Å². The second-order valence-corrected chi connectivity index (χ2v) is 5.52. The molecule has 3 aromatic rings. The predicted octanol–water partition coefficient (Wildman–Crippen LogP) is 4.05. The van der Waals surface area contributed by atoms with Crippen molar-refractivity contribution in [2.75, 3.05) is 0 Å². The normalized spacial score (nSPS) is 10.4. The molecule has 3 rings (SSSR count). The molecule has 0 spiro atoms. The summed E-state index contributed by atoms with van der Waals surface area (Å²) in [6.07, 6.45) is 4.52. The minimum Gasteiger partial charge on any atom is -0.330 e. The van der Waals surface area contributed by atoms with Crippen molar-refractivity contribution in [2.24, 2.45) is 0 Å². The van der Waals surface area contributed by atoms with Crippen molar-refractivity contribution >= 4 is 11.6 Å². The molecule has 0 saturated heterocycles. The lowest BCUT2D eigenvalue weighted by Gasteiger charge is -2.08. The molecule has 2 aromatic carbocycles. The first-order valence-corrected chi connectivity index (χ1v) is 7.36. The first-order valence-electron chi connectivity index (χ1n) is 6.98. The van der Waals surface area contributed by atoms with Crippen molar-refractivity contribution in [2.45, 2.75) is 13.0 Å². The number of hydrogen-bond donors (Lipinski definition) is 0. The number of halogens is 1. The summed E-state index contributed by atoms with van der Waals surface area (Å²) in [5.41, 5.74) is 2.96. The van der Waals surface area contributed by atoms with E-state index in [2.05, 4.69) is 15.6 Å². The van der Waals surface area contributed by atoms with Gasteiger partial charge in [0.2, 0.25) is 0 Å². The number of imidazole rings is 1. The monoisotopic (exact) mass is 307 g/mol. The lowest BCUT2D eigenvalue weighted by Crippen LogP contribution is -2.05. The molecule has 0 unspecified atom stereocenters. The van der Waals surface area contributed by atoms with Crippen LogP contribution in [0.5, 0.6) is 0 Å². The Bertz CT molecular complexity index is 813. The molecule has 0 N–H and O–H groups in total. The van der Waals surface area contributed by atoms with Gasteiger partial charge in [-0.3, -0.25) is 0 Å². The Morgan fingerprint density at radius 2 is 1.91 bits per heavy atom. The lowest BCUT2D eigenvalue weighted by atomic mass is 10.1. The van der Waals surface area contributed by atoms with Crippen LogP contribution in [0.25, 0.3) is 0 Å². The molecule has 22 heavy (non-hydrogen) atoms. The van der Waals surface area contributed by atoms with E-state index in [1.165, 1.54) is 0 Å². The summed E-state index contributed by atoms with van der Waals surface area (Å²) in [6.45, 7) is 0.738. The van der Waals surface area contributed by atoms with E-state index in [0.29, 0.717) is 5.56 Å². The summed E-state index contributed by atoms with van der Waals surface area (Å²) >= 11 is 6.03. The van der Waals surface area contributed by atoms with Crippen LogP contribution in [0.1, 0.15) is 22.5 Å². The van der Waals surface area contributed by atoms with Crippen LogP contribution < -0.4 is 0 Å². The fourth-order valence-corrected chi connectivity index (χ4v) is 2.57. The van der Waals surface area contributed by atoms with E-state index in [0.717, 1.165) is 34.9 Å². The molecule has 0 atom stereocenters. The van der Waals surface area contributed by atoms with Crippen LogP contribution in [-0.2, 0) is 13.0 Å². The van der Waals surface area contributed by atoms with Crippen LogP contribution >= 0.6 is 11.6 Å². The standard InChI is InChI=1S/C18H14ClN3/c19-17-3-1-2-16(10-17)11-18-21-8-9-22(18)13-15-6-4-14(12-20)5-7-15/h1-10H,11,13H2. The maximum Gasteiger partial charge on any atom is 0.113 e. The van der Waals surface area contributed by atoms with Gasteiger partial charge in [0.1, 0.15) is 5.82 Å². The quantitative estimate of drug-likeness (QED) is 0.729. The van der Waals surface area contributed by atoms with Gasteiger partial charge in [-0.2, -0.15) is 5.26 Å². The zero-order valence-electron chi connectivity index (χ0n) is 11.9. The van der Waals surface area contributed by atoms with Crippen molar-refractivity contribution in [3.8, 4) is 6.07 Å². The Kier molecular flexibility index (Phi) is 4.22. The number of hydrogen-bond acceptors (Lipinski definition) is 2. The molecule has 0 fully saturated rings. The Hall–Kier alpha value is -2.57. The third-order valence-electron chi connectivity index (χ3n) is 3.49. The van der Waals surface area contributed by atoms with Gasteiger partial charge in [0, 0.05) is 30.4 Å². The molecule has 108 valence electrons. The predicted molar refractivity (Wildman–Crippen MR) is 86.7 cm³/mol. The zero-order chi connectivity index (χ0) is 15.4. The SMILES string of the molecule is N#Cc1ccc(Cn2ccnc2Cc2cccc(Cl)c2)cc1. The van der Waals surface area contributed by atoms with Crippen molar-refractivity contribution in [1.82, 2.24) is 9.55 Å². The molecule has 3 nitrogen and oxygen atoms in total. The maximum atomic E-state index is 8.84. The topological polar surface area (TPSA) is 41.6 Å². The fourth-order valence-electron chi connectivity index (χ4n) is 2.36. The van der Waals surface area contributed by atoms with Gasteiger partial charge in [0.25, 0.3) is 0 Å². The van der Waals surface area contributed by atoms with Crippen molar-refractivity contribution < 1.29 is 0 Å². The van der Waals surface area contributed by atoms with Crippen molar-refractivity contribution in [3.05, 3.63) is 88.5 Å².